The molecule has 0 saturated carbocycles. The smallest absolute Gasteiger partial charge is 0.265 e. The second kappa shape index (κ2) is 8.46. The molecule has 0 saturated heterocycles. The fourth-order valence-corrected chi connectivity index (χ4v) is 4.10. The summed E-state index contributed by atoms with van der Waals surface area (Å²) in [6.45, 7) is 3.51. The lowest BCUT2D eigenvalue weighted by molar-refractivity contribution is -0.122. The van der Waals surface area contributed by atoms with Crippen molar-refractivity contribution in [1.82, 2.24) is 0 Å². The molecule has 1 aromatic heterocycles. The number of carbonyl (C=O) groups is 2. The first kappa shape index (κ1) is 19.9. The van der Waals surface area contributed by atoms with Crippen LogP contribution in [-0.4, -0.2) is 17.9 Å². The lowest BCUT2D eigenvalue weighted by Crippen LogP contribution is -2.30. The Bertz CT molecular complexity index is 1020. The summed E-state index contributed by atoms with van der Waals surface area (Å²) in [6, 6.07) is 16.3. The van der Waals surface area contributed by atoms with Crippen molar-refractivity contribution in [2.75, 3.05) is 5.32 Å². The number of benzene rings is 2. The second-order valence-electron chi connectivity index (χ2n) is 6.17. The third kappa shape index (κ3) is 4.35. The van der Waals surface area contributed by atoms with E-state index in [4.69, 9.17) is 22.1 Å². The minimum Gasteiger partial charge on any atom is -0.481 e. The number of anilines is 1. The van der Waals surface area contributed by atoms with Gasteiger partial charge >= 0.3 is 0 Å². The van der Waals surface area contributed by atoms with Crippen molar-refractivity contribution < 1.29 is 14.3 Å². The van der Waals surface area contributed by atoms with Gasteiger partial charge in [0.15, 0.2) is 6.10 Å². The molecule has 1 unspecified atom stereocenters. The van der Waals surface area contributed by atoms with Crippen LogP contribution in [0.1, 0.15) is 22.2 Å². The van der Waals surface area contributed by atoms with Crippen molar-refractivity contribution in [2.24, 2.45) is 5.73 Å². The van der Waals surface area contributed by atoms with Crippen LogP contribution in [0.5, 0.6) is 5.75 Å². The molecule has 28 heavy (non-hydrogen) atoms. The highest BCUT2D eigenvalue weighted by Crippen LogP contribution is 2.39. The summed E-state index contributed by atoms with van der Waals surface area (Å²) in [4.78, 5) is 25.6. The Balaban J connectivity index is 1.85. The van der Waals surface area contributed by atoms with Crippen molar-refractivity contribution in [3.8, 4) is 16.9 Å². The van der Waals surface area contributed by atoms with Crippen LogP contribution in [-0.2, 0) is 4.79 Å². The van der Waals surface area contributed by atoms with Crippen LogP contribution in [0, 0.1) is 6.92 Å². The predicted molar refractivity (Wildman–Crippen MR) is 113 cm³/mol. The first-order chi connectivity index (χ1) is 13.4. The second-order valence-corrected chi connectivity index (χ2v) is 7.84. The van der Waals surface area contributed by atoms with Crippen LogP contribution in [0.25, 0.3) is 11.1 Å². The van der Waals surface area contributed by atoms with Crippen LogP contribution < -0.4 is 15.8 Å². The summed E-state index contributed by atoms with van der Waals surface area (Å²) in [5.41, 5.74) is 7.53. The van der Waals surface area contributed by atoms with Gasteiger partial charge in [0.2, 0.25) is 0 Å². The van der Waals surface area contributed by atoms with Crippen molar-refractivity contribution in [2.45, 2.75) is 20.0 Å². The van der Waals surface area contributed by atoms with Gasteiger partial charge in [0, 0.05) is 15.5 Å². The Morgan fingerprint density at radius 2 is 1.86 bits per heavy atom. The summed E-state index contributed by atoms with van der Waals surface area (Å²) < 4.78 is 5.64. The molecule has 0 aliphatic carbocycles. The quantitative estimate of drug-likeness (QED) is 0.603. The first-order valence-electron chi connectivity index (χ1n) is 8.58. The van der Waals surface area contributed by atoms with Gasteiger partial charge in [0.1, 0.15) is 10.8 Å². The van der Waals surface area contributed by atoms with E-state index in [-0.39, 0.29) is 5.91 Å². The normalized spacial score (nSPS) is 11.7. The number of nitrogens with two attached hydrogens (primary N) is 1. The van der Waals surface area contributed by atoms with E-state index in [9.17, 15) is 9.59 Å². The van der Waals surface area contributed by atoms with Gasteiger partial charge < -0.3 is 15.8 Å². The van der Waals surface area contributed by atoms with E-state index in [0.29, 0.717) is 21.3 Å². The molecule has 3 rings (SSSR count). The Morgan fingerprint density at radius 1 is 1.14 bits per heavy atom. The number of ether oxygens (including phenoxy) is 1. The molecule has 144 valence electrons. The maximum Gasteiger partial charge on any atom is 0.265 e. The predicted octanol–water partition coefficient (Wildman–Crippen LogP) is 4.88. The standard InChI is InChI=1S/C21H19ClN2O3S/c1-12(27-16-10-6-9-15(22)11-16)20(26)24-21-18(19(23)25)17(13(2)28-21)14-7-4-3-5-8-14/h3-12H,1-2H3,(H2,23,25)(H,24,26). The molecule has 0 radical (unpaired) electrons. The maximum absolute atomic E-state index is 12.6. The molecule has 0 spiro atoms. The Hall–Kier alpha value is -2.83. The summed E-state index contributed by atoms with van der Waals surface area (Å²) in [6.07, 6.45) is -0.790. The van der Waals surface area contributed by atoms with Crippen molar-refractivity contribution >= 4 is 39.8 Å². The monoisotopic (exact) mass is 414 g/mol. The van der Waals surface area contributed by atoms with E-state index in [1.165, 1.54) is 11.3 Å². The molecular formula is C21H19ClN2O3S. The third-order valence-electron chi connectivity index (χ3n) is 4.11. The first-order valence-corrected chi connectivity index (χ1v) is 9.78. The molecule has 3 N–H and O–H groups in total. The van der Waals surface area contributed by atoms with Gasteiger partial charge in [0.25, 0.3) is 11.8 Å². The summed E-state index contributed by atoms with van der Waals surface area (Å²) in [5, 5.41) is 3.71. The number of aryl methyl sites for hydroxylation is 1. The van der Waals surface area contributed by atoms with E-state index >= 15 is 0 Å². The summed E-state index contributed by atoms with van der Waals surface area (Å²) in [7, 11) is 0. The van der Waals surface area contributed by atoms with E-state index in [1.54, 1.807) is 31.2 Å². The fraction of sp³-hybridized carbons (Fsp3) is 0.143. The van der Waals surface area contributed by atoms with E-state index in [0.717, 1.165) is 16.0 Å². The van der Waals surface area contributed by atoms with Crippen molar-refractivity contribution in [3.05, 3.63) is 70.1 Å². The molecule has 1 heterocycles. The zero-order valence-corrected chi connectivity index (χ0v) is 16.9. The van der Waals surface area contributed by atoms with Gasteiger partial charge in [-0.25, -0.2) is 0 Å². The molecule has 0 bridgehead atoms. The van der Waals surface area contributed by atoms with Crippen LogP contribution >= 0.6 is 22.9 Å². The Labute approximate surface area is 172 Å². The van der Waals surface area contributed by atoms with Crippen LogP contribution in [0.15, 0.2) is 54.6 Å². The van der Waals surface area contributed by atoms with E-state index in [1.807, 2.05) is 37.3 Å². The molecular weight excluding hydrogens is 396 g/mol. The van der Waals surface area contributed by atoms with E-state index in [2.05, 4.69) is 5.32 Å². The number of primary amides is 1. The zero-order chi connectivity index (χ0) is 20.3. The lowest BCUT2D eigenvalue weighted by atomic mass is 10.0. The molecule has 0 aliphatic heterocycles. The number of hydrogen-bond acceptors (Lipinski definition) is 4. The van der Waals surface area contributed by atoms with Gasteiger partial charge in [-0.15, -0.1) is 11.3 Å². The van der Waals surface area contributed by atoms with Crippen molar-refractivity contribution in [1.29, 1.82) is 0 Å². The number of thiophene rings is 1. The van der Waals surface area contributed by atoms with Gasteiger partial charge in [-0.1, -0.05) is 48.0 Å². The van der Waals surface area contributed by atoms with Crippen LogP contribution in [0.4, 0.5) is 5.00 Å². The molecule has 1 atom stereocenters. The van der Waals surface area contributed by atoms with Gasteiger partial charge in [-0.3, -0.25) is 9.59 Å². The minimum atomic E-state index is -0.790. The lowest BCUT2D eigenvalue weighted by Gasteiger charge is -2.15. The number of amides is 2. The Kier molecular flexibility index (Phi) is 6.02. The summed E-state index contributed by atoms with van der Waals surface area (Å²) >= 11 is 7.25. The zero-order valence-electron chi connectivity index (χ0n) is 15.4. The van der Waals surface area contributed by atoms with Gasteiger partial charge in [0.05, 0.1) is 5.56 Å². The van der Waals surface area contributed by atoms with Gasteiger partial charge in [-0.05, 0) is 37.6 Å². The largest absolute Gasteiger partial charge is 0.481 e. The molecule has 0 aliphatic rings. The molecule has 7 heteroatoms. The third-order valence-corrected chi connectivity index (χ3v) is 5.36. The van der Waals surface area contributed by atoms with Crippen LogP contribution in [0.2, 0.25) is 5.02 Å². The number of halogens is 1. The van der Waals surface area contributed by atoms with Gasteiger partial charge in [-0.2, -0.15) is 0 Å². The molecule has 3 aromatic rings. The average molecular weight is 415 g/mol. The maximum atomic E-state index is 12.6. The Morgan fingerprint density at radius 3 is 2.50 bits per heavy atom. The highest BCUT2D eigenvalue weighted by molar-refractivity contribution is 7.17. The molecule has 5 nitrogen and oxygen atoms in total. The van der Waals surface area contributed by atoms with Crippen molar-refractivity contribution in [3.63, 3.8) is 0 Å². The topological polar surface area (TPSA) is 81.4 Å². The highest BCUT2D eigenvalue weighted by Gasteiger charge is 2.24. The minimum absolute atomic E-state index is 0.303. The molecule has 2 aromatic carbocycles. The molecule has 2 amide bonds. The number of carbonyl (C=O) groups excluding carboxylic acids is 2. The highest BCUT2D eigenvalue weighted by atomic mass is 35.5. The number of nitrogens with one attached hydrogen (secondary N) is 1. The number of hydrogen-bond donors (Lipinski definition) is 2. The average Bonchev–Trinajstić information content (AvgIpc) is 2.98. The number of rotatable bonds is 6. The fourth-order valence-electron chi connectivity index (χ4n) is 2.83. The van der Waals surface area contributed by atoms with E-state index < -0.39 is 12.0 Å². The summed E-state index contributed by atoms with van der Waals surface area (Å²) in [5.74, 6) is -0.497. The molecule has 0 fully saturated rings. The van der Waals surface area contributed by atoms with Crippen LogP contribution in [0.3, 0.4) is 0 Å². The SMILES string of the molecule is Cc1sc(NC(=O)C(C)Oc2cccc(Cl)c2)c(C(N)=O)c1-c1ccccc1.